The molecule has 0 N–H and O–H groups in total. The van der Waals surface area contributed by atoms with E-state index < -0.39 is 0 Å². The number of carbonyl (C=O) groups excluding carboxylic acids is 1. The molecule has 1 rings (SSSR count). The van der Waals surface area contributed by atoms with Crippen LogP contribution in [-0.2, 0) is 4.74 Å². The molecule has 0 aromatic heterocycles. The summed E-state index contributed by atoms with van der Waals surface area (Å²) in [6.07, 6.45) is -0.187. The predicted octanol–water partition coefficient (Wildman–Crippen LogP) is 1.93. The van der Waals surface area contributed by atoms with Crippen LogP contribution >= 0.6 is 11.8 Å². The van der Waals surface area contributed by atoms with E-state index in [2.05, 4.69) is 0 Å². The zero-order valence-corrected chi connectivity index (χ0v) is 8.61. The molecule has 0 saturated carbocycles. The Hall–Kier alpha value is -0.380. The van der Waals surface area contributed by atoms with Crippen molar-refractivity contribution in [1.29, 1.82) is 0 Å². The molecule has 1 fully saturated rings. The number of ether oxygens (including phenoxy) is 1. The van der Waals surface area contributed by atoms with E-state index in [9.17, 15) is 4.79 Å². The van der Waals surface area contributed by atoms with Gasteiger partial charge in [-0.3, -0.25) is 4.90 Å². The molecule has 0 aromatic rings. The van der Waals surface area contributed by atoms with E-state index in [1.54, 1.807) is 16.7 Å². The highest BCUT2D eigenvalue weighted by Crippen LogP contribution is 2.17. The van der Waals surface area contributed by atoms with E-state index >= 15 is 0 Å². The van der Waals surface area contributed by atoms with Crippen LogP contribution in [0.3, 0.4) is 0 Å². The van der Waals surface area contributed by atoms with Gasteiger partial charge in [-0.1, -0.05) is 0 Å². The molecule has 1 heterocycles. The third-order valence-corrected chi connectivity index (χ3v) is 2.37. The normalized spacial score (nSPS) is 18.1. The first-order valence-corrected chi connectivity index (χ1v) is 5.20. The molecule has 0 atom stereocenters. The minimum Gasteiger partial charge on any atom is -0.444 e. The molecule has 0 radical (unpaired) electrons. The summed E-state index contributed by atoms with van der Waals surface area (Å²) in [5, 5.41) is 0. The average molecular weight is 189 g/mol. The van der Waals surface area contributed by atoms with E-state index in [4.69, 9.17) is 4.74 Å². The fourth-order valence-corrected chi connectivity index (χ4v) is 1.82. The number of nitrogens with zero attached hydrogens (tertiary/aromatic N) is 1. The molecule has 0 aromatic carbocycles. The lowest BCUT2D eigenvalue weighted by Gasteiger charge is -2.23. The molecule has 0 unspecified atom stereocenters. The first-order valence-electron chi connectivity index (χ1n) is 4.05. The smallest absolute Gasteiger partial charge is 0.411 e. The van der Waals surface area contributed by atoms with Crippen LogP contribution in [-0.4, -0.2) is 34.8 Å². The van der Waals surface area contributed by atoms with Crippen molar-refractivity contribution in [2.45, 2.75) is 26.4 Å². The van der Waals surface area contributed by atoms with Gasteiger partial charge in [-0.05, 0) is 20.8 Å². The molecule has 0 spiro atoms. The molecule has 0 bridgehead atoms. The Morgan fingerprint density at radius 1 is 1.50 bits per heavy atom. The SMILES string of the molecule is CC(C)(C)OC(=O)N1CCSC1. The van der Waals surface area contributed by atoms with Crippen molar-refractivity contribution in [3.8, 4) is 0 Å². The van der Waals surface area contributed by atoms with Gasteiger partial charge in [0.15, 0.2) is 0 Å². The number of amides is 1. The number of hydrogen-bond donors (Lipinski definition) is 0. The van der Waals surface area contributed by atoms with E-state index in [1.165, 1.54) is 0 Å². The maximum absolute atomic E-state index is 11.4. The lowest BCUT2D eigenvalue weighted by molar-refractivity contribution is 0.0308. The zero-order valence-electron chi connectivity index (χ0n) is 7.79. The molecule has 12 heavy (non-hydrogen) atoms. The molecule has 1 aliphatic rings. The number of carbonyl (C=O) groups is 1. The number of rotatable bonds is 0. The van der Waals surface area contributed by atoms with Crippen LogP contribution < -0.4 is 0 Å². The first-order chi connectivity index (χ1) is 5.49. The van der Waals surface area contributed by atoms with Gasteiger partial charge in [-0.25, -0.2) is 4.79 Å². The molecule has 3 nitrogen and oxygen atoms in total. The molecule has 70 valence electrons. The van der Waals surface area contributed by atoms with Crippen LogP contribution in [0.1, 0.15) is 20.8 Å². The standard InChI is InChI=1S/C8H15NO2S/c1-8(2,3)11-7(10)9-4-5-12-6-9/h4-6H2,1-3H3. The number of thioether (sulfide) groups is 1. The van der Waals surface area contributed by atoms with Gasteiger partial charge in [0.05, 0.1) is 5.88 Å². The highest BCUT2D eigenvalue weighted by molar-refractivity contribution is 7.99. The molecule has 1 amide bonds. The van der Waals surface area contributed by atoms with Gasteiger partial charge < -0.3 is 4.74 Å². The summed E-state index contributed by atoms with van der Waals surface area (Å²) in [4.78, 5) is 13.1. The third-order valence-electron chi connectivity index (χ3n) is 1.40. The average Bonchev–Trinajstić information content (AvgIpc) is 2.32. The van der Waals surface area contributed by atoms with Crippen LogP contribution in [0.25, 0.3) is 0 Å². The highest BCUT2D eigenvalue weighted by Gasteiger charge is 2.24. The highest BCUT2D eigenvalue weighted by atomic mass is 32.2. The lowest BCUT2D eigenvalue weighted by Crippen LogP contribution is -2.34. The summed E-state index contributed by atoms with van der Waals surface area (Å²) >= 11 is 1.76. The Labute approximate surface area is 77.4 Å². The summed E-state index contributed by atoms with van der Waals surface area (Å²) in [6, 6.07) is 0. The molecule has 1 aliphatic heterocycles. The number of hydrogen-bond acceptors (Lipinski definition) is 3. The minimum absolute atomic E-state index is 0.187. The Morgan fingerprint density at radius 2 is 2.17 bits per heavy atom. The molecular formula is C8H15NO2S. The van der Waals surface area contributed by atoms with Crippen molar-refractivity contribution in [1.82, 2.24) is 4.90 Å². The molecular weight excluding hydrogens is 174 g/mol. The Bertz CT molecular complexity index is 170. The minimum atomic E-state index is -0.371. The van der Waals surface area contributed by atoms with E-state index in [1.807, 2.05) is 20.8 Å². The molecule has 1 saturated heterocycles. The predicted molar refractivity (Wildman–Crippen MR) is 50.3 cm³/mol. The van der Waals surface area contributed by atoms with Crippen molar-refractivity contribution in [2.75, 3.05) is 18.2 Å². The fraction of sp³-hybridized carbons (Fsp3) is 0.875. The maximum Gasteiger partial charge on any atom is 0.411 e. The van der Waals surface area contributed by atoms with Crippen molar-refractivity contribution >= 4 is 17.9 Å². The zero-order chi connectivity index (χ0) is 9.19. The second kappa shape index (κ2) is 3.56. The Morgan fingerprint density at radius 3 is 2.58 bits per heavy atom. The van der Waals surface area contributed by atoms with Crippen LogP contribution in [0, 0.1) is 0 Å². The van der Waals surface area contributed by atoms with E-state index in [0.29, 0.717) is 0 Å². The van der Waals surface area contributed by atoms with E-state index in [-0.39, 0.29) is 11.7 Å². The largest absolute Gasteiger partial charge is 0.444 e. The van der Waals surface area contributed by atoms with Gasteiger partial charge in [0.25, 0.3) is 0 Å². The van der Waals surface area contributed by atoms with Gasteiger partial charge in [0.1, 0.15) is 5.60 Å². The summed E-state index contributed by atoms with van der Waals surface area (Å²) in [7, 11) is 0. The fourth-order valence-electron chi connectivity index (χ4n) is 0.885. The van der Waals surface area contributed by atoms with Gasteiger partial charge in [-0.2, -0.15) is 0 Å². The molecule has 4 heteroatoms. The quantitative estimate of drug-likeness (QED) is 0.583. The van der Waals surface area contributed by atoms with Crippen molar-refractivity contribution in [2.24, 2.45) is 0 Å². The summed E-state index contributed by atoms with van der Waals surface area (Å²) in [6.45, 7) is 6.47. The van der Waals surface area contributed by atoms with Gasteiger partial charge >= 0.3 is 6.09 Å². The second-order valence-electron chi connectivity index (χ2n) is 3.78. The monoisotopic (exact) mass is 189 g/mol. The van der Waals surface area contributed by atoms with Crippen LogP contribution in [0.2, 0.25) is 0 Å². The maximum atomic E-state index is 11.4. The van der Waals surface area contributed by atoms with E-state index in [0.717, 1.165) is 18.2 Å². The van der Waals surface area contributed by atoms with Gasteiger partial charge in [0.2, 0.25) is 0 Å². The summed E-state index contributed by atoms with van der Waals surface area (Å²) in [5.41, 5.74) is -0.371. The first kappa shape index (κ1) is 9.71. The van der Waals surface area contributed by atoms with Crippen LogP contribution in [0.4, 0.5) is 4.79 Å². The Kier molecular flexibility index (Phi) is 2.88. The van der Waals surface area contributed by atoms with Crippen molar-refractivity contribution in [3.63, 3.8) is 0 Å². The van der Waals surface area contributed by atoms with Gasteiger partial charge in [-0.15, -0.1) is 11.8 Å². The Balaban J connectivity index is 2.37. The second-order valence-corrected chi connectivity index (χ2v) is 4.86. The van der Waals surface area contributed by atoms with Crippen molar-refractivity contribution in [3.05, 3.63) is 0 Å². The summed E-state index contributed by atoms with van der Waals surface area (Å²) in [5.74, 6) is 1.80. The van der Waals surface area contributed by atoms with Crippen LogP contribution in [0.5, 0.6) is 0 Å². The lowest BCUT2D eigenvalue weighted by atomic mass is 10.2. The summed E-state index contributed by atoms with van der Waals surface area (Å²) < 4.78 is 5.20. The molecule has 0 aliphatic carbocycles. The van der Waals surface area contributed by atoms with Gasteiger partial charge in [0, 0.05) is 12.3 Å². The third kappa shape index (κ3) is 2.93. The topological polar surface area (TPSA) is 29.5 Å². The van der Waals surface area contributed by atoms with Crippen LogP contribution in [0.15, 0.2) is 0 Å². The van der Waals surface area contributed by atoms with Crippen molar-refractivity contribution < 1.29 is 9.53 Å².